The van der Waals surface area contributed by atoms with Crippen molar-refractivity contribution in [3.05, 3.63) is 35.4 Å². The third kappa shape index (κ3) is 3.84. The highest BCUT2D eigenvalue weighted by Crippen LogP contribution is 2.29. The molecular weight excluding hydrogens is 218 g/mol. The minimum absolute atomic E-state index is 0.672. The van der Waals surface area contributed by atoms with Crippen LogP contribution in [0.3, 0.4) is 0 Å². The standard InChI is InChI=1S/C17H27N/c1-4-5-14(3)17(12-18-16-10-11-16)15-8-6-13(2)7-9-15/h6-9,14,16-18H,4-5,10-12H2,1-3H3. The Morgan fingerprint density at radius 2 is 1.89 bits per heavy atom. The molecule has 1 aliphatic rings. The summed E-state index contributed by atoms with van der Waals surface area (Å²) in [6, 6.07) is 9.95. The lowest BCUT2D eigenvalue weighted by molar-refractivity contribution is 0.402. The predicted octanol–water partition coefficient (Wildman–Crippen LogP) is 4.27. The summed E-state index contributed by atoms with van der Waals surface area (Å²) in [5.41, 5.74) is 2.87. The summed E-state index contributed by atoms with van der Waals surface area (Å²) in [5, 5.41) is 3.71. The number of rotatable bonds is 7. The molecule has 1 aliphatic carbocycles. The first-order chi connectivity index (χ1) is 8.70. The van der Waals surface area contributed by atoms with E-state index in [-0.39, 0.29) is 0 Å². The molecule has 0 heterocycles. The Bertz CT molecular complexity index is 350. The predicted molar refractivity (Wildman–Crippen MR) is 79.0 cm³/mol. The fourth-order valence-corrected chi connectivity index (χ4v) is 2.70. The van der Waals surface area contributed by atoms with Gasteiger partial charge in [-0.15, -0.1) is 0 Å². The van der Waals surface area contributed by atoms with E-state index in [1.54, 1.807) is 0 Å². The molecule has 0 spiro atoms. The maximum Gasteiger partial charge on any atom is 0.00684 e. The van der Waals surface area contributed by atoms with Gasteiger partial charge in [-0.2, -0.15) is 0 Å². The minimum atomic E-state index is 0.672. The SMILES string of the molecule is CCCC(C)C(CNC1CC1)c1ccc(C)cc1. The van der Waals surface area contributed by atoms with Crippen molar-refractivity contribution in [2.45, 2.75) is 58.4 Å². The van der Waals surface area contributed by atoms with Crippen molar-refractivity contribution in [3.8, 4) is 0 Å². The van der Waals surface area contributed by atoms with Gasteiger partial charge in [0.05, 0.1) is 0 Å². The van der Waals surface area contributed by atoms with Crippen molar-refractivity contribution < 1.29 is 0 Å². The minimum Gasteiger partial charge on any atom is -0.313 e. The van der Waals surface area contributed by atoms with Crippen molar-refractivity contribution >= 4 is 0 Å². The Balaban J connectivity index is 2.03. The smallest absolute Gasteiger partial charge is 0.00684 e. The highest BCUT2D eigenvalue weighted by Gasteiger charge is 2.24. The fourth-order valence-electron chi connectivity index (χ4n) is 2.70. The molecule has 1 nitrogen and oxygen atoms in total. The van der Waals surface area contributed by atoms with Gasteiger partial charge in [0.15, 0.2) is 0 Å². The van der Waals surface area contributed by atoms with Crippen LogP contribution >= 0.6 is 0 Å². The normalized spacial score (nSPS) is 18.6. The van der Waals surface area contributed by atoms with E-state index < -0.39 is 0 Å². The Morgan fingerprint density at radius 1 is 1.22 bits per heavy atom. The zero-order chi connectivity index (χ0) is 13.0. The van der Waals surface area contributed by atoms with Gasteiger partial charge < -0.3 is 5.32 Å². The average Bonchev–Trinajstić information content (AvgIpc) is 3.16. The molecule has 1 heteroatoms. The summed E-state index contributed by atoms with van der Waals surface area (Å²) in [5.74, 6) is 1.44. The molecule has 0 bridgehead atoms. The summed E-state index contributed by atoms with van der Waals surface area (Å²) in [7, 11) is 0. The average molecular weight is 245 g/mol. The van der Waals surface area contributed by atoms with Gasteiger partial charge in [-0.25, -0.2) is 0 Å². The van der Waals surface area contributed by atoms with Crippen molar-refractivity contribution in [2.24, 2.45) is 5.92 Å². The van der Waals surface area contributed by atoms with E-state index in [2.05, 4.69) is 50.4 Å². The lowest BCUT2D eigenvalue weighted by Gasteiger charge is -2.25. The fraction of sp³-hybridized carbons (Fsp3) is 0.647. The van der Waals surface area contributed by atoms with Crippen molar-refractivity contribution in [1.82, 2.24) is 5.32 Å². The van der Waals surface area contributed by atoms with E-state index in [9.17, 15) is 0 Å². The molecule has 2 atom stereocenters. The molecule has 2 rings (SSSR count). The lowest BCUT2D eigenvalue weighted by Crippen LogP contribution is -2.27. The van der Waals surface area contributed by atoms with Gasteiger partial charge in [-0.1, -0.05) is 56.5 Å². The highest BCUT2D eigenvalue weighted by molar-refractivity contribution is 5.25. The molecule has 0 radical (unpaired) electrons. The second-order valence-corrected chi connectivity index (χ2v) is 5.97. The van der Waals surface area contributed by atoms with Crippen LogP contribution in [0.2, 0.25) is 0 Å². The van der Waals surface area contributed by atoms with Gasteiger partial charge in [0.2, 0.25) is 0 Å². The van der Waals surface area contributed by atoms with Crippen LogP contribution in [0.5, 0.6) is 0 Å². The first-order valence-electron chi connectivity index (χ1n) is 7.50. The summed E-state index contributed by atoms with van der Waals surface area (Å²) >= 11 is 0. The van der Waals surface area contributed by atoms with Crippen LogP contribution in [0.1, 0.15) is 56.6 Å². The molecule has 1 aromatic rings. The van der Waals surface area contributed by atoms with E-state index in [1.807, 2.05) is 0 Å². The first kappa shape index (κ1) is 13.6. The molecule has 1 fully saturated rings. The number of benzene rings is 1. The van der Waals surface area contributed by atoms with E-state index >= 15 is 0 Å². The van der Waals surface area contributed by atoms with Crippen LogP contribution in [0.15, 0.2) is 24.3 Å². The monoisotopic (exact) mass is 245 g/mol. The van der Waals surface area contributed by atoms with E-state index in [4.69, 9.17) is 0 Å². The zero-order valence-corrected chi connectivity index (χ0v) is 12.1. The molecule has 1 aromatic carbocycles. The highest BCUT2D eigenvalue weighted by atomic mass is 14.9. The Hall–Kier alpha value is -0.820. The zero-order valence-electron chi connectivity index (χ0n) is 12.1. The lowest BCUT2D eigenvalue weighted by atomic mass is 9.84. The molecule has 0 aromatic heterocycles. The summed E-state index contributed by atoms with van der Waals surface area (Å²) in [6.45, 7) is 8.01. The number of hydrogen-bond donors (Lipinski definition) is 1. The van der Waals surface area contributed by atoms with Crippen LogP contribution in [-0.2, 0) is 0 Å². The van der Waals surface area contributed by atoms with Crippen LogP contribution in [0.4, 0.5) is 0 Å². The maximum atomic E-state index is 3.71. The van der Waals surface area contributed by atoms with E-state index in [1.165, 1.54) is 36.8 Å². The van der Waals surface area contributed by atoms with Gasteiger partial charge in [-0.3, -0.25) is 0 Å². The van der Waals surface area contributed by atoms with Crippen molar-refractivity contribution in [1.29, 1.82) is 0 Å². The van der Waals surface area contributed by atoms with Gasteiger partial charge in [0.25, 0.3) is 0 Å². The summed E-state index contributed by atoms with van der Waals surface area (Å²) in [4.78, 5) is 0. The molecule has 0 saturated heterocycles. The quantitative estimate of drug-likeness (QED) is 0.756. The van der Waals surface area contributed by atoms with Crippen molar-refractivity contribution in [2.75, 3.05) is 6.54 Å². The number of hydrogen-bond acceptors (Lipinski definition) is 1. The molecule has 0 amide bonds. The first-order valence-corrected chi connectivity index (χ1v) is 7.50. The van der Waals surface area contributed by atoms with Crippen molar-refractivity contribution in [3.63, 3.8) is 0 Å². The number of aryl methyl sites for hydroxylation is 1. The maximum absolute atomic E-state index is 3.71. The molecular formula is C17H27N. The molecule has 18 heavy (non-hydrogen) atoms. The van der Waals surface area contributed by atoms with Crippen LogP contribution in [-0.4, -0.2) is 12.6 Å². The third-order valence-electron chi connectivity index (χ3n) is 4.14. The second-order valence-electron chi connectivity index (χ2n) is 5.97. The van der Waals surface area contributed by atoms with Gasteiger partial charge in [0, 0.05) is 12.6 Å². The van der Waals surface area contributed by atoms with Crippen LogP contribution < -0.4 is 5.32 Å². The van der Waals surface area contributed by atoms with E-state index in [0.717, 1.165) is 18.5 Å². The van der Waals surface area contributed by atoms with E-state index in [0.29, 0.717) is 5.92 Å². The van der Waals surface area contributed by atoms with Gasteiger partial charge >= 0.3 is 0 Å². The number of nitrogens with one attached hydrogen (secondary N) is 1. The molecule has 100 valence electrons. The van der Waals surface area contributed by atoms with Gasteiger partial charge in [0.1, 0.15) is 0 Å². The topological polar surface area (TPSA) is 12.0 Å². The molecule has 1 N–H and O–H groups in total. The summed E-state index contributed by atoms with van der Waals surface area (Å²) < 4.78 is 0. The van der Waals surface area contributed by atoms with Crippen LogP contribution in [0.25, 0.3) is 0 Å². The Morgan fingerprint density at radius 3 is 2.44 bits per heavy atom. The molecule has 0 aliphatic heterocycles. The Kier molecular flexibility index (Phi) is 4.82. The molecule has 2 unspecified atom stereocenters. The van der Waals surface area contributed by atoms with Crippen LogP contribution in [0, 0.1) is 12.8 Å². The largest absolute Gasteiger partial charge is 0.313 e. The third-order valence-corrected chi connectivity index (χ3v) is 4.14. The summed E-state index contributed by atoms with van der Waals surface area (Å²) in [6.07, 6.45) is 5.36. The molecule has 1 saturated carbocycles. The van der Waals surface area contributed by atoms with Gasteiger partial charge in [-0.05, 0) is 37.2 Å². The Labute approximate surface area is 112 Å². The second kappa shape index (κ2) is 6.38.